The molecule has 0 bridgehead atoms. The number of esters is 1. The predicted octanol–water partition coefficient (Wildman–Crippen LogP) is 2.96. The van der Waals surface area contributed by atoms with Crippen LogP contribution in [0.2, 0.25) is 5.02 Å². The van der Waals surface area contributed by atoms with Crippen LogP contribution in [-0.4, -0.2) is 49.4 Å². The van der Waals surface area contributed by atoms with E-state index in [2.05, 4.69) is 4.74 Å². The van der Waals surface area contributed by atoms with Crippen LogP contribution in [-0.2, 0) is 14.3 Å². The second-order valence-electron chi connectivity index (χ2n) is 4.98. The standard InChI is InChI=1S/C16H16ClNO6S/c1-8(15(20)24-4)18-14(19)13(25-16(18)21)6-9-5-11(22-2)12(23-3)7-10(9)17/h5-8H,1-4H3/b13-6+/t8-/m0/s1. The van der Waals surface area contributed by atoms with Crippen LogP contribution in [0, 0.1) is 0 Å². The minimum Gasteiger partial charge on any atom is -0.493 e. The molecule has 134 valence electrons. The number of hydrogen-bond donors (Lipinski definition) is 0. The maximum atomic E-state index is 12.5. The number of carbonyl (C=O) groups excluding carboxylic acids is 3. The van der Waals surface area contributed by atoms with Crippen LogP contribution in [0.15, 0.2) is 17.0 Å². The van der Waals surface area contributed by atoms with Crippen molar-refractivity contribution >= 4 is 46.6 Å². The first-order chi connectivity index (χ1) is 11.8. The van der Waals surface area contributed by atoms with Gasteiger partial charge in [-0.05, 0) is 36.4 Å². The van der Waals surface area contributed by atoms with Crippen LogP contribution in [0.5, 0.6) is 11.5 Å². The second kappa shape index (κ2) is 7.79. The highest BCUT2D eigenvalue weighted by Gasteiger charge is 2.41. The number of thioether (sulfide) groups is 1. The molecule has 0 spiro atoms. The van der Waals surface area contributed by atoms with E-state index < -0.39 is 23.2 Å². The molecule has 0 saturated carbocycles. The first kappa shape index (κ1) is 19.1. The van der Waals surface area contributed by atoms with Crippen molar-refractivity contribution in [2.45, 2.75) is 13.0 Å². The van der Waals surface area contributed by atoms with E-state index in [1.165, 1.54) is 34.3 Å². The van der Waals surface area contributed by atoms with E-state index in [-0.39, 0.29) is 4.91 Å². The summed E-state index contributed by atoms with van der Waals surface area (Å²) < 4.78 is 14.9. The Morgan fingerprint density at radius 2 is 1.80 bits per heavy atom. The summed E-state index contributed by atoms with van der Waals surface area (Å²) in [6.45, 7) is 1.43. The molecule has 0 N–H and O–H groups in total. The molecule has 7 nitrogen and oxygen atoms in total. The zero-order valence-corrected chi connectivity index (χ0v) is 15.6. The number of halogens is 1. The van der Waals surface area contributed by atoms with Gasteiger partial charge in [0.15, 0.2) is 11.5 Å². The average Bonchev–Trinajstić information content (AvgIpc) is 2.88. The fraction of sp³-hybridized carbons (Fsp3) is 0.312. The van der Waals surface area contributed by atoms with Crippen molar-refractivity contribution in [2.75, 3.05) is 21.3 Å². The summed E-state index contributed by atoms with van der Waals surface area (Å²) in [6, 6.07) is 2.14. The molecular formula is C16H16ClNO6S. The Hall–Kier alpha value is -2.19. The molecule has 1 heterocycles. The van der Waals surface area contributed by atoms with Crippen LogP contribution in [0.1, 0.15) is 12.5 Å². The zero-order chi connectivity index (χ0) is 18.7. The lowest BCUT2D eigenvalue weighted by atomic mass is 10.1. The molecule has 0 radical (unpaired) electrons. The first-order valence-electron chi connectivity index (χ1n) is 7.10. The Morgan fingerprint density at radius 3 is 2.36 bits per heavy atom. The smallest absolute Gasteiger partial charge is 0.328 e. The maximum Gasteiger partial charge on any atom is 0.328 e. The van der Waals surface area contributed by atoms with E-state index in [9.17, 15) is 14.4 Å². The summed E-state index contributed by atoms with van der Waals surface area (Å²) in [7, 11) is 4.14. The number of amides is 2. The topological polar surface area (TPSA) is 82.1 Å². The maximum absolute atomic E-state index is 12.5. The van der Waals surface area contributed by atoms with E-state index in [0.717, 1.165) is 16.7 Å². The number of benzene rings is 1. The third-order valence-corrected chi connectivity index (χ3v) is 4.75. The van der Waals surface area contributed by atoms with Gasteiger partial charge in [0.25, 0.3) is 11.1 Å². The van der Waals surface area contributed by atoms with E-state index in [4.69, 9.17) is 21.1 Å². The predicted molar refractivity (Wildman–Crippen MR) is 93.8 cm³/mol. The average molecular weight is 386 g/mol. The van der Waals surface area contributed by atoms with Crippen molar-refractivity contribution in [3.63, 3.8) is 0 Å². The van der Waals surface area contributed by atoms with Crippen LogP contribution < -0.4 is 9.47 Å². The van der Waals surface area contributed by atoms with Gasteiger partial charge in [-0.3, -0.25) is 14.5 Å². The number of ether oxygens (including phenoxy) is 3. The molecule has 1 aromatic rings. The fourth-order valence-corrected chi connectivity index (χ4v) is 3.32. The fourth-order valence-electron chi connectivity index (χ4n) is 2.21. The van der Waals surface area contributed by atoms with Crippen LogP contribution in [0.3, 0.4) is 0 Å². The summed E-state index contributed by atoms with van der Waals surface area (Å²) in [5.41, 5.74) is 0.482. The lowest BCUT2D eigenvalue weighted by Gasteiger charge is -2.18. The molecule has 1 aromatic carbocycles. The van der Waals surface area contributed by atoms with Crippen molar-refractivity contribution in [3.05, 3.63) is 27.6 Å². The van der Waals surface area contributed by atoms with Crippen molar-refractivity contribution < 1.29 is 28.6 Å². The second-order valence-corrected chi connectivity index (χ2v) is 6.38. The quantitative estimate of drug-likeness (QED) is 0.569. The molecule has 1 atom stereocenters. The molecule has 2 rings (SSSR count). The lowest BCUT2D eigenvalue weighted by molar-refractivity contribution is -0.148. The molecule has 0 aromatic heterocycles. The van der Waals surface area contributed by atoms with E-state index in [1.54, 1.807) is 12.1 Å². The highest BCUT2D eigenvalue weighted by molar-refractivity contribution is 8.18. The summed E-state index contributed by atoms with van der Waals surface area (Å²) in [5.74, 6) is -0.385. The minimum atomic E-state index is -1.01. The van der Waals surface area contributed by atoms with Crippen molar-refractivity contribution in [1.82, 2.24) is 4.90 Å². The molecule has 9 heteroatoms. The number of imide groups is 1. The van der Waals surface area contributed by atoms with Crippen LogP contribution in [0.4, 0.5) is 4.79 Å². The molecule has 2 amide bonds. The third-order valence-electron chi connectivity index (χ3n) is 3.54. The molecule has 1 aliphatic rings. The molecule has 0 aliphatic carbocycles. The number of carbonyl (C=O) groups is 3. The summed E-state index contributed by atoms with van der Waals surface area (Å²) in [5, 5.41) is -0.226. The van der Waals surface area contributed by atoms with Gasteiger partial charge in [-0.15, -0.1) is 0 Å². The number of nitrogens with zero attached hydrogens (tertiary/aromatic N) is 1. The Morgan fingerprint density at radius 1 is 1.20 bits per heavy atom. The van der Waals surface area contributed by atoms with E-state index in [1.807, 2.05) is 0 Å². The number of rotatable bonds is 5. The molecule has 25 heavy (non-hydrogen) atoms. The van der Waals surface area contributed by atoms with Gasteiger partial charge in [0.05, 0.1) is 31.3 Å². The Labute approximate surface area is 153 Å². The monoisotopic (exact) mass is 385 g/mol. The Bertz CT molecular complexity index is 763. The zero-order valence-electron chi connectivity index (χ0n) is 14.0. The highest BCUT2D eigenvalue weighted by Crippen LogP contribution is 2.38. The van der Waals surface area contributed by atoms with Gasteiger partial charge in [0.1, 0.15) is 6.04 Å². The van der Waals surface area contributed by atoms with E-state index in [0.29, 0.717) is 22.1 Å². The number of hydrogen-bond acceptors (Lipinski definition) is 7. The van der Waals surface area contributed by atoms with Gasteiger partial charge in [-0.1, -0.05) is 11.6 Å². The molecule has 0 unspecified atom stereocenters. The molecule has 1 aliphatic heterocycles. The molecular weight excluding hydrogens is 370 g/mol. The van der Waals surface area contributed by atoms with Gasteiger partial charge in [0.2, 0.25) is 0 Å². The van der Waals surface area contributed by atoms with Crippen molar-refractivity contribution in [1.29, 1.82) is 0 Å². The van der Waals surface area contributed by atoms with E-state index >= 15 is 0 Å². The first-order valence-corrected chi connectivity index (χ1v) is 8.29. The Kier molecular flexibility index (Phi) is 5.97. The summed E-state index contributed by atoms with van der Waals surface area (Å²) in [4.78, 5) is 37.2. The molecule has 1 saturated heterocycles. The van der Waals surface area contributed by atoms with Gasteiger partial charge >= 0.3 is 5.97 Å². The van der Waals surface area contributed by atoms with Gasteiger partial charge < -0.3 is 14.2 Å². The SMILES string of the molecule is COC(=O)[C@H](C)N1C(=O)S/C(=C/c2cc(OC)c(OC)cc2Cl)C1=O. The lowest BCUT2D eigenvalue weighted by Crippen LogP contribution is -2.42. The van der Waals surface area contributed by atoms with Crippen molar-refractivity contribution in [2.24, 2.45) is 0 Å². The third kappa shape index (κ3) is 3.74. The Balaban J connectivity index is 2.38. The summed E-state index contributed by atoms with van der Waals surface area (Å²) in [6.07, 6.45) is 1.47. The largest absolute Gasteiger partial charge is 0.493 e. The van der Waals surface area contributed by atoms with Crippen LogP contribution >= 0.6 is 23.4 Å². The van der Waals surface area contributed by atoms with Gasteiger partial charge in [-0.2, -0.15) is 0 Å². The van der Waals surface area contributed by atoms with Crippen LogP contribution in [0.25, 0.3) is 6.08 Å². The highest BCUT2D eigenvalue weighted by atomic mass is 35.5. The van der Waals surface area contributed by atoms with Gasteiger partial charge in [-0.25, -0.2) is 4.79 Å². The summed E-state index contributed by atoms with van der Waals surface area (Å²) >= 11 is 6.92. The minimum absolute atomic E-state index is 0.148. The molecule has 1 fully saturated rings. The van der Waals surface area contributed by atoms with Gasteiger partial charge in [0, 0.05) is 6.07 Å². The normalized spacial score (nSPS) is 17.0. The number of methoxy groups -OCH3 is 3. The van der Waals surface area contributed by atoms with Crippen molar-refractivity contribution in [3.8, 4) is 11.5 Å².